The molecule has 0 fully saturated rings. The van der Waals surface area contributed by atoms with Gasteiger partial charge in [-0.15, -0.1) is 11.3 Å². The van der Waals surface area contributed by atoms with Crippen molar-refractivity contribution in [3.8, 4) is 17.0 Å². The molecule has 0 bridgehead atoms. The van der Waals surface area contributed by atoms with Gasteiger partial charge in [0.25, 0.3) is 0 Å². The lowest BCUT2D eigenvalue weighted by molar-refractivity contribution is -0.196. The Labute approximate surface area is 197 Å². The Morgan fingerprint density at radius 2 is 1.82 bits per heavy atom. The van der Waals surface area contributed by atoms with Crippen molar-refractivity contribution < 1.29 is 36.2 Å². The van der Waals surface area contributed by atoms with Crippen LogP contribution in [0.25, 0.3) is 17.3 Å². The van der Waals surface area contributed by atoms with E-state index in [1.54, 1.807) is 24.6 Å². The number of aliphatic hydroxyl groups excluding tert-OH is 1. The molecule has 0 saturated heterocycles. The predicted molar refractivity (Wildman–Crippen MR) is 122 cm³/mol. The number of aromatic nitrogens is 1. The molecule has 34 heavy (non-hydrogen) atoms. The summed E-state index contributed by atoms with van der Waals surface area (Å²) in [4.78, 5) is 16.2. The minimum atomic E-state index is -5.03. The Bertz CT molecular complexity index is 1270. The van der Waals surface area contributed by atoms with Crippen molar-refractivity contribution in [2.75, 3.05) is 18.2 Å². The number of hydrogen-bond acceptors (Lipinski definition) is 7. The average molecular weight is 513 g/mol. The lowest BCUT2D eigenvalue weighted by Gasteiger charge is -2.14. The number of benzene rings is 2. The van der Waals surface area contributed by atoms with Gasteiger partial charge in [-0.2, -0.15) is 13.2 Å². The maximum Gasteiger partial charge on any atom is 0.415 e. The van der Waals surface area contributed by atoms with Gasteiger partial charge in [0.1, 0.15) is 5.75 Å². The van der Waals surface area contributed by atoms with Crippen molar-refractivity contribution in [1.82, 2.24) is 4.98 Å². The highest BCUT2D eigenvalue weighted by Gasteiger charge is 2.41. The van der Waals surface area contributed by atoms with Crippen LogP contribution in [0.3, 0.4) is 0 Å². The van der Waals surface area contributed by atoms with Crippen molar-refractivity contribution in [3.05, 3.63) is 65.6 Å². The van der Waals surface area contributed by atoms with Crippen LogP contribution in [0, 0.1) is 0 Å². The molecule has 1 unspecified atom stereocenters. The number of halogens is 3. The third kappa shape index (κ3) is 6.65. The first-order chi connectivity index (χ1) is 16.0. The summed E-state index contributed by atoms with van der Waals surface area (Å²) in [5.74, 6) is -1.23. The number of sulfone groups is 1. The van der Waals surface area contributed by atoms with Gasteiger partial charge in [-0.05, 0) is 48.0 Å². The highest BCUT2D eigenvalue weighted by Crippen LogP contribution is 2.27. The van der Waals surface area contributed by atoms with Gasteiger partial charge in [0.2, 0.25) is 5.91 Å². The molecule has 0 spiro atoms. The Kier molecular flexibility index (Phi) is 7.75. The second-order valence-corrected chi connectivity index (χ2v) is 9.89. The van der Waals surface area contributed by atoms with E-state index < -0.39 is 33.8 Å². The molecule has 0 saturated carbocycles. The molecule has 1 heterocycles. The zero-order chi connectivity index (χ0) is 24.9. The van der Waals surface area contributed by atoms with Crippen LogP contribution in [0.4, 0.5) is 18.3 Å². The van der Waals surface area contributed by atoms with E-state index in [2.05, 4.69) is 10.3 Å². The minimum Gasteiger partial charge on any atom is -0.497 e. The number of carbonyl (C=O) groups is 1. The summed E-state index contributed by atoms with van der Waals surface area (Å²) in [5, 5.41) is 13.8. The number of alkyl halides is 3. The van der Waals surface area contributed by atoms with E-state index in [4.69, 9.17) is 9.84 Å². The van der Waals surface area contributed by atoms with Crippen molar-refractivity contribution in [3.63, 3.8) is 0 Å². The average Bonchev–Trinajstić information content (AvgIpc) is 3.25. The Morgan fingerprint density at radius 3 is 2.41 bits per heavy atom. The largest absolute Gasteiger partial charge is 0.497 e. The van der Waals surface area contributed by atoms with Gasteiger partial charge < -0.3 is 9.84 Å². The van der Waals surface area contributed by atoms with E-state index in [-0.39, 0.29) is 4.90 Å². The standard InChI is InChI=1S/C22H19F3N2O5S2/c1-32-16-7-5-15(6-8-16)18-12-33-21(26-18)27-20(29)11-4-14-2-9-17(10-3-14)34(30,31)13-19(28)22(23,24)25/h2-12,19,28H,13H2,1H3,(H,26,27,29)/b11-4-. The van der Waals surface area contributed by atoms with E-state index in [1.165, 1.54) is 35.6 Å². The molecule has 0 aliphatic heterocycles. The second-order valence-electron chi connectivity index (χ2n) is 7.00. The molecule has 0 aliphatic carbocycles. The van der Waals surface area contributed by atoms with Gasteiger partial charge in [-0.25, -0.2) is 13.4 Å². The van der Waals surface area contributed by atoms with Gasteiger partial charge in [-0.1, -0.05) is 12.1 Å². The fourth-order valence-electron chi connectivity index (χ4n) is 2.73. The topological polar surface area (TPSA) is 106 Å². The van der Waals surface area contributed by atoms with Crippen LogP contribution in [-0.4, -0.2) is 49.6 Å². The highest BCUT2D eigenvalue weighted by molar-refractivity contribution is 7.91. The minimum absolute atomic E-state index is 0.369. The van der Waals surface area contributed by atoms with Crippen LogP contribution in [0.5, 0.6) is 5.75 Å². The summed E-state index contributed by atoms with van der Waals surface area (Å²) in [7, 11) is -2.77. The van der Waals surface area contributed by atoms with E-state index >= 15 is 0 Å². The fraction of sp³-hybridized carbons (Fsp3) is 0.182. The van der Waals surface area contributed by atoms with E-state index in [9.17, 15) is 26.4 Å². The second kappa shape index (κ2) is 10.4. The first-order valence-corrected chi connectivity index (χ1v) is 12.2. The summed E-state index contributed by atoms with van der Waals surface area (Å²) in [6.45, 7) is 0. The molecule has 1 atom stereocenters. The fourth-order valence-corrected chi connectivity index (χ4v) is 4.80. The van der Waals surface area contributed by atoms with Gasteiger partial charge in [0.15, 0.2) is 21.1 Å². The Balaban J connectivity index is 1.60. The number of thiazole rings is 1. The van der Waals surface area contributed by atoms with Gasteiger partial charge in [-0.3, -0.25) is 10.1 Å². The number of methoxy groups -OCH3 is 1. The predicted octanol–water partition coefficient (Wildman–Crippen LogP) is 4.17. The summed E-state index contributed by atoms with van der Waals surface area (Å²) in [6.07, 6.45) is -5.38. The molecule has 1 amide bonds. The molecule has 180 valence electrons. The number of anilines is 1. The first kappa shape index (κ1) is 25.4. The zero-order valence-corrected chi connectivity index (χ0v) is 19.2. The van der Waals surface area contributed by atoms with Crippen molar-refractivity contribution >= 4 is 38.3 Å². The smallest absolute Gasteiger partial charge is 0.415 e. The summed E-state index contributed by atoms with van der Waals surface area (Å²) in [6, 6.07) is 12.2. The lowest BCUT2D eigenvalue weighted by atomic mass is 10.2. The molecule has 1 aromatic heterocycles. The number of nitrogens with one attached hydrogen (secondary N) is 1. The van der Waals surface area contributed by atoms with Gasteiger partial charge in [0.05, 0.1) is 23.5 Å². The summed E-state index contributed by atoms with van der Waals surface area (Å²) in [5.41, 5.74) is 1.98. The normalized spacial score (nSPS) is 13.1. The van der Waals surface area contributed by atoms with Crippen molar-refractivity contribution in [1.29, 1.82) is 0 Å². The molecule has 12 heteroatoms. The molecule has 2 N–H and O–H groups in total. The number of nitrogens with zero attached hydrogens (tertiary/aromatic N) is 1. The lowest BCUT2D eigenvalue weighted by Crippen LogP contribution is -2.35. The molecular formula is C22H19F3N2O5S2. The molecule has 0 radical (unpaired) electrons. The summed E-state index contributed by atoms with van der Waals surface area (Å²) >= 11 is 1.24. The Hall–Kier alpha value is -3.22. The summed E-state index contributed by atoms with van der Waals surface area (Å²) < 4.78 is 66.5. The maximum atomic E-state index is 12.4. The van der Waals surface area contributed by atoms with Gasteiger partial charge in [0, 0.05) is 17.0 Å². The van der Waals surface area contributed by atoms with Crippen LogP contribution >= 0.6 is 11.3 Å². The third-order valence-corrected chi connectivity index (χ3v) is 7.04. The number of carbonyl (C=O) groups excluding carboxylic acids is 1. The SMILES string of the molecule is COc1ccc(-c2csc(NC(=O)/C=C\c3ccc(S(=O)(=O)CC(O)C(F)(F)F)cc3)n2)cc1. The number of aliphatic hydroxyl groups is 1. The molecule has 0 aliphatic rings. The van der Waals surface area contributed by atoms with Crippen LogP contribution in [0.1, 0.15) is 5.56 Å². The third-order valence-electron chi connectivity index (χ3n) is 4.54. The first-order valence-electron chi connectivity index (χ1n) is 9.64. The number of amides is 1. The maximum absolute atomic E-state index is 12.4. The van der Waals surface area contributed by atoms with E-state index in [0.717, 1.165) is 17.7 Å². The van der Waals surface area contributed by atoms with Crippen molar-refractivity contribution in [2.45, 2.75) is 17.2 Å². The molecule has 7 nitrogen and oxygen atoms in total. The van der Waals surface area contributed by atoms with E-state index in [0.29, 0.717) is 22.1 Å². The zero-order valence-electron chi connectivity index (χ0n) is 17.6. The number of hydrogen-bond donors (Lipinski definition) is 2. The number of rotatable bonds is 8. The molecule has 3 rings (SSSR count). The highest BCUT2D eigenvalue weighted by atomic mass is 32.2. The quantitative estimate of drug-likeness (QED) is 0.439. The van der Waals surface area contributed by atoms with Crippen LogP contribution in [-0.2, 0) is 14.6 Å². The van der Waals surface area contributed by atoms with Crippen LogP contribution < -0.4 is 10.1 Å². The van der Waals surface area contributed by atoms with Gasteiger partial charge >= 0.3 is 6.18 Å². The monoisotopic (exact) mass is 512 g/mol. The molecular weight excluding hydrogens is 493 g/mol. The van der Waals surface area contributed by atoms with Crippen LogP contribution in [0.2, 0.25) is 0 Å². The van der Waals surface area contributed by atoms with E-state index in [1.807, 2.05) is 12.1 Å². The Morgan fingerprint density at radius 1 is 1.18 bits per heavy atom. The number of ether oxygens (including phenoxy) is 1. The molecule has 2 aromatic carbocycles. The molecule has 3 aromatic rings. The van der Waals surface area contributed by atoms with Crippen molar-refractivity contribution in [2.24, 2.45) is 0 Å². The van der Waals surface area contributed by atoms with Crippen LogP contribution in [0.15, 0.2) is 64.9 Å².